The van der Waals surface area contributed by atoms with E-state index < -0.39 is 5.97 Å². The highest BCUT2D eigenvalue weighted by Gasteiger charge is 2.25. The van der Waals surface area contributed by atoms with Crippen molar-refractivity contribution in [2.45, 2.75) is 25.7 Å². The van der Waals surface area contributed by atoms with Gasteiger partial charge in [-0.25, -0.2) is 4.79 Å². The van der Waals surface area contributed by atoms with Gasteiger partial charge in [0.2, 0.25) is 0 Å². The number of hydrogen-bond acceptors (Lipinski definition) is 3. The van der Waals surface area contributed by atoms with Crippen LogP contribution in [0.3, 0.4) is 0 Å². The third kappa shape index (κ3) is 5.04. The van der Waals surface area contributed by atoms with E-state index in [1.807, 2.05) is 0 Å². The van der Waals surface area contributed by atoms with E-state index in [1.54, 1.807) is 0 Å². The van der Waals surface area contributed by atoms with Crippen molar-refractivity contribution in [1.82, 2.24) is 10.6 Å². The summed E-state index contributed by atoms with van der Waals surface area (Å²) in [5, 5.41) is 14.3. The first-order chi connectivity index (χ1) is 8.13. The molecular weight excluding hydrogens is 222 g/mol. The van der Waals surface area contributed by atoms with Crippen molar-refractivity contribution in [3.05, 3.63) is 0 Å². The van der Waals surface area contributed by atoms with Crippen LogP contribution in [0.5, 0.6) is 0 Å². The first-order valence-electron chi connectivity index (χ1n) is 6.08. The first kappa shape index (κ1) is 13.8. The van der Waals surface area contributed by atoms with Crippen molar-refractivity contribution in [1.29, 1.82) is 0 Å². The van der Waals surface area contributed by atoms with E-state index in [4.69, 9.17) is 10.8 Å². The van der Waals surface area contributed by atoms with Crippen LogP contribution in [0.25, 0.3) is 0 Å². The number of urea groups is 1. The molecule has 0 radical (unpaired) electrons. The summed E-state index contributed by atoms with van der Waals surface area (Å²) < 4.78 is 0. The highest BCUT2D eigenvalue weighted by atomic mass is 16.4. The topological polar surface area (TPSA) is 104 Å². The smallest absolute Gasteiger partial charge is 0.314 e. The van der Waals surface area contributed by atoms with Gasteiger partial charge >= 0.3 is 12.0 Å². The molecule has 0 aromatic rings. The first-order valence-corrected chi connectivity index (χ1v) is 6.08. The average molecular weight is 243 g/mol. The van der Waals surface area contributed by atoms with Crippen molar-refractivity contribution < 1.29 is 14.7 Å². The predicted molar refractivity (Wildman–Crippen MR) is 63.5 cm³/mol. The molecule has 1 fully saturated rings. The van der Waals surface area contributed by atoms with Gasteiger partial charge in [-0.3, -0.25) is 4.79 Å². The molecule has 98 valence electrons. The molecule has 2 amide bonds. The number of carbonyl (C=O) groups excluding carboxylic acids is 1. The number of aliphatic carboxylic acids is 1. The monoisotopic (exact) mass is 243 g/mol. The number of amides is 2. The van der Waals surface area contributed by atoms with Gasteiger partial charge in [0, 0.05) is 19.6 Å². The van der Waals surface area contributed by atoms with Crippen LogP contribution in [0.15, 0.2) is 0 Å². The molecule has 0 spiro atoms. The fourth-order valence-corrected chi connectivity index (χ4v) is 2.10. The molecule has 1 rings (SSSR count). The molecule has 0 heterocycles. The molecule has 1 aliphatic carbocycles. The second-order valence-electron chi connectivity index (χ2n) is 4.48. The SMILES string of the molecule is NCCNC(=O)NCC1CCC(C(=O)O)CC1. The Kier molecular flexibility index (Phi) is 5.76. The summed E-state index contributed by atoms with van der Waals surface area (Å²) in [6.07, 6.45) is 3.17. The summed E-state index contributed by atoms with van der Waals surface area (Å²) in [5.74, 6) is -0.497. The van der Waals surface area contributed by atoms with Crippen molar-refractivity contribution >= 4 is 12.0 Å². The molecular formula is C11H21N3O3. The van der Waals surface area contributed by atoms with Gasteiger partial charge in [-0.05, 0) is 31.6 Å². The van der Waals surface area contributed by atoms with Crippen molar-refractivity contribution in [2.24, 2.45) is 17.6 Å². The van der Waals surface area contributed by atoms with Crippen LogP contribution in [-0.4, -0.2) is 36.7 Å². The molecule has 0 atom stereocenters. The van der Waals surface area contributed by atoms with E-state index in [9.17, 15) is 9.59 Å². The molecule has 1 aliphatic rings. The highest BCUT2D eigenvalue weighted by Crippen LogP contribution is 2.28. The number of carboxylic acids is 1. The van der Waals surface area contributed by atoms with Gasteiger partial charge in [0.15, 0.2) is 0 Å². The van der Waals surface area contributed by atoms with Gasteiger partial charge in [0.1, 0.15) is 0 Å². The molecule has 0 unspecified atom stereocenters. The van der Waals surface area contributed by atoms with E-state index in [0.717, 1.165) is 12.8 Å². The number of rotatable bonds is 5. The van der Waals surface area contributed by atoms with Gasteiger partial charge in [-0.1, -0.05) is 0 Å². The molecule has 0 aliphatic heterocycles. The van der Waals surface area contributed by atoms with Crippen LogP contribution in [0.1, 0.15) is 25.7 Å². The van der Waals surface area contributed by atoms with Crippen molar-refractivity contribution in [3.63, 3.8) is 0 Å². The number of hydrogen-bond donors (Lipinski definition) is 4. The van der Waals surface area contributed by atoms with E-state index in [-0.39, 0.29) is 11.9 Å². The van der Waals surface area contributed by atoms with E-state index in [1.165, 1.54) is 0 Å². The minimum Gasteiger partial charge on any atom is -0.481 e. The molecule has 0 bridgehead atoms. The molecule has 1 saturated carbocycles. The maximum Gasteiger partial charge on any atom is 0.314 e. The third-order valence-corrected chi connectivity index (χ3v) is 3.18. The van der Waals surface area contributed by atoms with Crippen LogP contribution < -0.4 is 16.4 Å². The van der Waals surface area contributed by atoms with Crippen molar-refractivity contribution in [2.75, 3.05) is 19.6 Å². The van der Waals surface area contributed by atoms with Gasteiger partial charge in [-0.15, -0.1) is 0 Å². The lowest BCUT2D eigenvalue weighted by molar-refractivity contribution is -0.143. The van der Waals surface area contributed by atoms with E-state index in [2.05, 4.69) is 10.6 Å². The van der Waals surface area contributed by atoms with Gasteiger partial charge in [0.05, 0.1) is 5.92 Å². The Morgan fingerprint density at radius 1 is 1.18 bits per heavy atom. The summed E-state index contributed by atoms with van der Waals surface area (Å²) in [4.78, 5) is 22.0. The maximum absolute atomic E-state index is 11.2. The largest absolute Gasteiger partial charge is 0.481 e. The summed E-state index contributed by atoms with van der Waals surface area (Å²) in [6, 6.07) is -0.198. The van der Waals surface area contributed by atoms with E-state index in [0.29, 0.717) is 38.4 Å². The lowest BCUT2D eigenvalue weighted by Gasteiger charge is -2.26. The Hall–Kier alpha value is -1.30. The Morgan fingerprint density at radius 2 is 1.82 bits per heavy atom. The second kappa shape index (κ2) is 7.11. The van der Waals surface area contributed by atoms with Gasteiger partial charge < -0.3 is 21.5 Å². The summed E-state index contributed by atoms with van der Waals surface area (Å²) in [7, 11) is 0. The number of carbonyl (C=O) groups is 2. The number of carboxylic acid groups (broad SMARTS) is 1. The minimum absolute atomic E-state index is 0.197. The molecule has 0 aromatic carbocycles. The molecule has 17 heavy (non-hydrogen) atoms. The minimum atomic E-state index is -0.697. The Balaban J connectivity index is 2.14. The highest BCUT2D eigenvalue weighted by molar-refractivity contribution is 5.73. The molecule has 0 saturated heterocycles. The van der Waals surface area contributed by atoms with Crippen LogP contribution >= 0.6 is 0 Å². The number of nitrogens with two attached hydrogens (primary N) is 1. The zero-order valence-electron chi connectivity index (χ0n) is 9.95. The molecule has 0 aromatic heterocycles. The lowest BCUT2D eigenvalue weighted by atomic mass is 9.82. The zero-order chi connectivity index (χ0) is 12.7. The van der Waals surface area contributed by atoms with Crippen molar-refractivity contribution in [3.8, 4) is 0 Å². The second-order valence-corrected chi connectivity index (χ2v) is 4.48. The van der Waals surface area contributed by atoms with Gasteiger partial charge in [-0.2, -0.15) is 0 Å². The molecule has 5 N–H and O–H groups in total. The fraction of sp³-hybridized carbons (Fsp3) is 0.818. The standard InChI is InChI=1S/C11H21N3O3/c12-5-6-13-11(17)14-7-8-1-3-9(4-2-8)10(15)16/h8-9H,1-7,12H2,(H,15,16)(H2,13,14,17). The maximum atomic E-state index is 11.2. The van der Waals surface area contributed by atoms with Gasteiger partial charge in [0.25, 0.3) is 0 Å². The summed E-state index contributed by atoms with van der Waals surface area (Å²) in [5.41, 5.74) is 5.26. The quantitative estimate of drug-likeness (QED) is 0.551. The zero-order valence-corrected chi connectivity index (χ0v) is 9.95. The van der Waals surface area contributed by atoms with Crippen LogP contribution in [0, 0.1) is 11.8 Å². The Bertz CT molecular complexity index is 263. The van der Waals surface area contributed by atoms with Crippen LogP contribution in [0.2, 0.25) is 0 Å². The van der Waals surface area contributed by atoms with Crippen LogP contribution in [-0.2, 0) is 4.79 Å². The molecule has 6 nitrogen and oxygen atoms in total. The molecule has 6 heteroatoms. The third-order valence-electron chi connectivity index (χ3n) is 3.18. The lowest BCUT2D eigenvalue weighted by Crippen LogP contribution is -2.41. The Labute approximate surface area is 101 Å². The summed E-state index contributed by atoms with van der Waals surface area (Å²) in [6.45, 7) is 1.51. The summed E-state index contributed by atoms with van der Waals surface area (Å²) >= 11 is 0. The Morgan fingerprint density at radius 3 is 2.35 bits per heavy atom. The number of nitrogens with one attached hydrogen (secondary N) is 2. The fourth-order valence-electron chi connectivity index (χ4n) is 2.10. The van der Waals surface area contributed by atoms with E-state index >= 15 is 0 Å². The normalized spacial score (nSPS) is 24.1. The average Bonchev–Trinajstić information content (AvgIpc) is 2.34. The van der Waals surface area contributed by atoms with Crippen LogP contribution in [0.4, 0.5) is 4.79 Å². The predicted octanol–water partition coefficient (Wildman–Crippen LogP) is 0.135.